The quantitative estimate of drug-likeness (QED) is 0.511. The van der Waals surface area contributed by atoms with Gasteiger partial charge in [-0.2, -0.15) is 0 Å². The third-order valence-electron chi connectivity index (χ3n) is 1.96. The van der Waals surface area contributed by atoms with Gasteiger partial charge in [0, 0.05) is 6.04 Å². The maximum Gasteiger partial charge on any atom is 0.325 e. The van der Waals surface area contributed by atoms with Crippen LogP contribution in [-0.2, 0) is 14.3 Å². The lowest BCUT2D eigenvalue weighted by Gasteiger charge is -2.24. The summed E-state index contributed by atoms with van der Waals surface area (Å²) >= 11 is 0. The van der Waals surface area contributed by atoms with Gasteiger partial charge in [-0.05, 0) is 25.8 Å². The highest BCUT2D eigenvalue weighted by Crippen LogP contribution is 2.01. The summed E-state index contributed by atoms with van der Waals surface area (Å²) in [7, 11) is 0. The first-order valence-corrected chi connectivity index (χ1v) is 5.47. The lowest BCUT2D eigenvalue weighted by Crippen LogP contribution is -2.40. The van der Waals surface area contributed by atoms with Crippen molar-refractivity contribution in [1.29, 1.82) is 0 Å². The average Bonchev–Trinajstić information content (AvgIpc) is 2.21. The van der Waals surface area contributed by atoms with Crippen molar-refractivity contribution < 1.29 is 14.3 Å². The SMILES string of the molecule is C=CC(=O)N(CC(=O)OCC(C)C)C(C)C. The Labute approximate surface area is 97.3 Å². The molecule has 0 fully saturated rings. The van der Waals surface area contributed by atoms with E-state index in [1.54, 1.807) is 0 Å². The second kappa shape index (κ2) is 7.04. The molecule has 0 saturated heterocycles. The minimum absolute atomic E-state index is 0.0186. The van der Waals surface area contributed by atoms with E-state index in [0.29, 0.717) is 12.5 Å². The molecule has 0 heterocycles. The number of carbonyl (C=O) groups is 2. The Kier molecular flexibility index (Phi) is 6.46. The summed E-state index contributed by atoms with van der Waals surface area (Å²) in [6, 6.07) is -0.0444. The molecule has 0 atom stereocenters. The van der Waals surface area contributed by atoms with Crippen LogP contribution < -0.4 is 0 Å². The van der Waals surface area contributed by atoms with E-state index in [-0.39, 0.29) is 24.5 Å². The standard InChI is InChI=1S/C12H21NO3/c1-6-11(14)13(10(4)5)7-12(15)16-8-9(2)3/h6,9-10H,1,7-8H2,2-5H3. The monoisotopic (exact) mass is 227 g/mol. The largest absolute Gasteiger partial charge is 0.464 e. The van der Waals surface area contributed by atoms with Gasteiger partial charge in [-0.3, -0.25) is 9.59 Å². The van der Waals surface area contributed by atoms with Gasteiger partial charge in [-0.15, -0.1) is 0 Å². The first-order valence-electron chi connectivity index (χ1n) is 5.47. The molecule has 0 spiro atoms. The van der Waals surface area contributed by atoms with Crippen molar-refractivity contribution in [3.63, 3.8) is 0 Å². The molecular formula is C12H21NO3. The van der Waals surface area contributed by atoms with E-state index in [4.69, 9.17) is 4.74 Å². The van der Waals surface area contributed by atoms with Crippen molar-refractivity contribution in [2.75, 3.05) is 13.2 Å². The van der Waals surface area contributed by atoms with Gasteiger partial charge in [0.2, 0.25) is 5.91 Å². The van der Waals surface area contributed by atoms with Crippen LogP contribution in [0.2, 0.25) is 0 Å². The lowest BCUT2D eigenvalue weighted by atomic mass is 10.2. The molecule has 0 aliphatic carbocycles. The van der Waals surface area contributed by atoms with E-state index in [0.717, 1.165) is 0 Å². The zero-order valence-electron chi connectivity index (χ0n) is 10.5. The van der Waals surface area contributed by atoms with E-state index in [9.17, 15) is 9.59 Å². The number of hydrogen-bond donors (Lipinski definition) is 0. The fraction of sp³-hybridized carbons (Fsp3) is 0.667. The number of hydrogen-bond acceptors (Lipinski definition) is 3. The predicted octanol–water partition coefficient (Wildman–Crippen LogP) is 1.61. The second-order valence-corrected chi connectivity index (χ2v) is 4.34. The normalized spacial score (nSPS) is 10.4. The Bertz CT molecular complexity index is 259. The van der Waals surface area contributed by atoms with Gasteiger partial charge < -0.3 is 9.64 Å². The van der Waals surface area contributed by atoms with E-state index in [1.165, 1.54) is 11.0 Å². The summed E-state index contributed by atoms with van der Waals surface area (Å²) in [6.07, 6.45) is 1.20. The summed E-state index contributed by atoms with van der Waals surface area (Å²) in [6.45, 7) is 11.4. The maximum absolute atomic E-state index is 11.4. The number of rotatable bonds is 6. The molecular weight excluding hydrogens is 206 g/mol. The Morgan fingerprint density at radius 3 is 2.25 bits per heavy atom. The highest BCUT2D eigenvalue weighted by Gasteiger charge is 2.18. The van der Waals surface area contributed by atoms with Crippen LogP contribution in [0.25, 0.3) is 0 Å². The minimum atomic E-state index is -0.377. The third kappa shape index (κ3) is 5.53. The Morgan fingerprint density at radius 2 is 1.88 bits per heavy atom. The molecule has 0 radical (unpaired) electrons. The van der Waals surface area contributed by atoms with E-state index in [1.807, 2.05) is 27.7 Å². The summed E-state index contributed by atoms with van der Waals surface area (Å²) < 4.78 is 5.01. The molecule has 4 heteroatoms. The van der Waals surface area contributed by atoms with Gasteiger partial charge in [0.15, 0.2) is 0 Å². The first-order chi connectivity index (χ1) is 7.38. The average molecular weight is 227 g/mol. The summed E-state index contributed by atoms with van der Waals surface area (Å²) in [5.74, 6) is -0.333. The van der Waals surface area contributed by atoms with Gasteiger partial charge in [0.05, 0.1) is 6.61 Å². The molecule has 0 aromatic rings. The summed E-state index contributed by atoms with van der Waals surface area (Å²) in [5, 5.41) is 0. The van der Waals surface area contributed by atoms with E-state index < -0.39 is 0 Å². The Morgan fingerprint density at radius 1 is 1.31 bits per heavy atom. The molecule has 4 nitrogen and oxygen atoms in total. The van der Waals surface area contributed by atoms with Crippen LogP contribution in [0, 0.1) is 5.92 Å². The molecule has 0 aliphatic heterocycles. The topological polar surface area (TPSA) is 46.6 Å². The number of nitrogens with zero attached hydrogens (tertiary/aromatic N) is 1. The lowest BCUT2D eigenvalue weighted by molar-refractivity contribution is -0.150. The van der Waals surface area contributed by atoms with Crippen molar-refractivity contribution in [1.82, 2.24) is 4.90 Å². The molecule has 16 heavy (non-hydrogen) atoms. The molecule has 0 N–H and O–H groups in total. The molecule has 0 aromatic carbocycles. The van der Waals surface area contributed by atoms with Gasteiger partial charge in [0.1, 0.15) is 6.54 Å². The molecule has 0 aliphatic rings. The molecule has 0 aromatic heterocycles. The Balaban J connectivity index is 4.24. The Hall–Kier alpha value is -1.32. The molecule has 1 amide bonds. The van der Waals surface area contributed by atoms with Crippen molar-refractivity contribution in [3.8, 4) is 0 Å². The number of ether oxygens (including phenoxy) is 1. The van der Waals surface area contributed by atoms with Crippen LogP contribution in [0.1, 0.15) is 27.7 Å². The molecule has 0 rings (SSSR count). The highest BCUT2D eigenvalue weighted by atomic mass is 16.5. The van der Waals surface area contributed by atoms with Crippen LogP contribution in [-0.4, -0.2) is 36.0 Å². The van der Waals surface area contributed by atoms with Gasteiger partial charge in [-0.25, -0.2) is 0 Å². The molecule has 0 bridgehead atoms. The van der Waals surface area contributed by atoms with Crippen LogP contribution in [0.4, 0.5) is 0 Å². The van der Waals surface area contributed by atoms with E-state index in [2.05, 4.69) is 6.58 Å². The van der Waals surface area contributed by atoms with Crippen molar-refractivity contribution >= 4 is 11.9 Å². The van der Waals surface area contributed by atoms with Crippen LogP contribution in [0.3, 0.4) is 0 Å². The highest BCUT2D eigenvalue weighted by molar-refractivity contribution is 5.90. The zero-order chi connectivity index (χ0) is 12.7. The molecule has 0 saturated carbocycles. The number of amides is 1. The van der Waals surface area contributed by atoms with Gasteiger partial charge in [0.25, 0.3) is 0 Å². The summed E-state index contributed by atoms with van der Waals surface area (Å²) in [4.78, 5) is 24.3. The van der Waals surface area contributed by atoms with Crippen molar-refractivity contribution in [2.45, 2.75) is 33.7 Å². The van der Waals surface area contributed by atoms with E-state index >= 15 is 0 Å². The molecule has 92 valence electrons. The van der Waals surface area contributed by atoms with Crippen LogP contribution in [0.15, 0.2) is 12.7 Å². The fourth-order valence-electron chi connectivity index (χ4n) is 1.08. The zero-order valence-corrected chi connectivity index (χ0v) is 10.5. The fourth-order valence-corrected chi connectivity index (χ4v) is 1.08. The predicted molar refractivity (Wildman–Crippen MR) is 62.8 cm³/mol. The van der Waals surface area contributed by atoms with Crippen molar-refractivity contribution in [2.24, 2.45) is 5.92 Å². The number of carbonyl (C=O) groups excluding carboxylic acids is 2. The van der Waals surface area contributed by atoms with Gasteiger partial charge in [-0.1, -0.05) is 20.4 Å². The summed E-state index contributed by atoms with van der Waals surface area (Å²) in [5.41, 5.74) is 0. The molecule has 0 unspecified atom stereocenters. The van der Waals surface area contributed by atoms with Crippen LogP contribution >= 0.6 is 0 Å². The first kappa shape index (κ1) is 14.7. The van der Waals surface area contributed by atoms with Gasteiger partial charge >= 0.3 is 5.97 Å². The third-order valence-corrected chi connectivity index (χ3v) is 1.96. The smallest absolute Gasteiger partial charge is 0.325 e. The minimum Gasteiger partial charge on any atom is -0.464 e. The van der Waals surface area contributed by atoms with Crippen LogP contribution in [0.5, 0.6) is 0 Å². The van der Waals surface area contributed by atoms with Crippen molar-refractivity contribution in [3.05, 3.63) is 12.7 Å². The number of esters is 1. The maximum atomic E-state index is 11.4. The second-order valence-electron chi connectivity index (χ2n) is 4.34.